The molecule has 9 heteroatoms. The highest BCUT2D eigenvalue weighted by molar-refractivity contribution is 5.78. The van der Waals surface area contributed by atoms with Gasteiger partial charge in [-0.2, -0.15) is 0 Å². The van der Waals surface area contributed by atoms with Gasteiger partial charge in [-0.1, -0.05) is 18.2 Å². The Morgan fingerprint density at radius 2 is 2.00 bits per heavy atom. The summed E-state index contributed by atoms with van der Waals surface area (Å²) in [5, 5.41) is 13.4. The Bertz CT molecular complexity index is 988. The van der Waals surface area contributed by atoms with Crippen molar-refractivity contribution in [3.05, 3.63) is 88.2 Å². The van der Waals surface area contributed by atoms with Gasteiger partial charge in [-0.3, -0.25) is 14.9 Å². The lowest BCUT2D eigenvalue weighted by molar-refractivity contribution is -0.384. The predicted octanol–water partition coefficient (Wildman–Crippen LogP) is 2.75. The predicted molar refractivity (Wildman–Crippen MR) is 98.2 cm³/mol. The van der Waals surface area contributed by atoms with Crippen molar-refractivity contribution in [2.24, 2.45) is 7.05 Å². The first-order valence-electron chi connectivity index (χ1n) is 8.34. The second kappa shape index (κ2) is 8.30. The van der Waals surface area contributed by atoms with Crippen molar-refractivity contribution < 1.29 is 18.8 Å². The monoisotopic (exact) mass is 384 g/mol. The lowest BCUT2D eigenvalue weighted by Crippen LogP contribution is -2.35. The van der Waals surface area contributed by atoms with E-state index >= 15 is 0 Å². The van der Waals surface area contributed by atoms with Gasteiger partial charge in [0.25, 0.3) is 11.6 Å². The molecule has 2 aromatic carbocycles. The van der Waals surface area contributed by atoms with Gasteiger partial charge in [-0.15, -0.1) is 0 Å². The van der Waals surface area contributed by atoms with E-state index in [1.54, 1.807) is 42.2 Å². The van der Waals surface area contributed by atoms with Crippen LogP contribution in [-0.2, 0) is 11.8 Å². The van der Waals surface area contributed by atoms with Crippen molar-refractivity contribution >= 4 is 11.6 Å². The van der Waals surface area contributed by atoms with Crippen LogP contribution in [0.2, 0.25) is 0 Å². The number of hydrogen-bond donors (Lipinski definition) is 1. The molecule has 0 radical (unpaired) electrons. The van der Waals surface area contributed by atoms with E-state index in [0.717, 1.165) is 0 Å². The average molecular weight is 384 g/mol. The maximum Gasteiger partial charge on any atom is 0.269 e. The molecule has 3 rings (SSSR count). The number of hydrogen-bond acceptors (Lipinski definition) is 5. The Kier molecular flexibility index (Phi) is 5.64. The van der Waals surface area contributed by atoms with E-state index in [4.69, 9.17) is 4.74 Å². The minimum absolute atomic E-state index is 0.0776. The molecule has 1 heterocycles. The molecule has 1 aromatic heterocycles. The number of amides is 1. The molecule has 0 spiro atoms. The Balaban J connectivity index is 1.72. The van der Waals surface area contributed by atoms with Gasteiger partial charge >= 0.3 is 0 Å². The maximum absolute atomic E-state index is 14.3. The molecular formula is C19H17FN4O4. The molecule has 1 atom stereocenters. The first kappa shape index (κ1) is 19.0. The standard InChI is InChI=1S/C19H17FN4O4/c1-23-11-10-21-19(23)18(15-4-2-3-5-16(15)20)22-17(25)12-28-14-8-6-13(7-9-14)24(26)27/h2-11,18H,12H2,1H3,(H,22,25). The van der Waals surface area contributed by atoms with Crippen molar-refractivity contribution in [3.63, 3.8) is 0 Å². The SMILES string of the molecule is Cn1ccnc1C(NC(=O)COc1ccc([N+](=O)[O-])cc1)c1ccccc1F. The third kappa shape index (κ3) is 4.32. The molecule has 0 aliphatic rings. The molecule has 28 heavy (non-hydrogen) atoms. The Labute approximate surface area is 159 Å². The number of benzene rings is 2. The van der Waals surface area contributed by atoms with Crippen LogP contribution in [0.5, 0.6) is 5.75 Å². The quantitative estimate of drug-likeness (QED) is 0.499. The average Bonchev–Trinajstić information content (AvgIpc) is 3.11. The minimum atomic E-state index is -0.797. The zero-order chi connectivity index (χ0) is 20.1. The van der Waals surface area contributed by atoms with Crippen molar-refractivity contribution in [2.75, 3.05) is 6.61 Å². The number of ether oxygens (including phenoxy) is 1. The molecule has 1 amide bonds. The molecule has 3 aromatic rings. The molecule has 0 saturated heterocycles. The van der Waals surface area contributed by atoms with Gasteiger partial charge in [0.15, 0.2) is 6.61 Å². The summed E-state index contributed by atoms with van der Waals surface area (Å²) >= 11 is 0. The van der Waals surface area contributed by atoms with Gasteiger partial charge in [0, 0.05) is 37.1 Å². The zero-order valence-corrected chi connectivity index (χ0v) is 14.9. The number of nitrogens with zero attached hydrogens (tertiary/aromatic N) is 3. The van der Waals surface area contributed by atoms with Crippen molar-refractivity contribution in [3.8, 4) is 5.75 Å². The van der Waals surface area contributed by atoms with Crippen LogP contribution < -0.4 is 10.1 Å². The highest BCUT2D eigenvalue weighted by Gasteiger charge is 2.23. The second-order valence-electron chi connectivity index (χ2n) is 5.96. The third-order valence-electron chi connectivity index (χ3n) is 4.06. The Morgan fingerprint density at radius 1 is 1.29 bits per heavy atom. The van der Waals surface area contributed by atoms with Gasteiger partial charge in [0.2, 0.25) is 0 Å². The number of carbonyl (C=O) groups excluding carboxylic acids is 1. The van der Waals surface area contributed by atoms with Crippen LogP contribution in [0, 0.1) is 15.9 Å². The lowest BCUT2D eigenvalue weighted by Gasteiger charge is -2.19. The molecule has 0 aliphatic carbocycles. The van der Waals surface area contributed by atoms with Crippen LogP contribution in [0.25, 0.3) is 0 Å². The summed E-state index contributed by atoms with van der Waals surface area (Å²) in [7, 11) is 1.75. The summed E-state index contributed by atoms with van der Waals surface area (Å²) < 4.78 is 21.3. The highest BCUT2D eigenvalue weighted by atomic mass is 19.1. The normalized spacial score (nSPS) is 11.6. The van der Waals surface area contributed by atoms with Crippen molar-refractivity contribution in [2.45, 2.75) is 6.04 Å². The fourth-order valence-electron chi connectivity index (χ4n) is 2.66. The summed E-state index contributed by atoms with van der Waals surface area (Å²) in [6, 6.07) is 10.7. The second-order valence-corrected chi connectivity index (χ2v) is 5.96. The number of nitro groups is 1. The fourth-order valence-corrected chi connectivity index (χ4v) is 2.66. The summed E-state index contributed by atoms with van der Waals surface area (Å²) in [5.41, 5.74) is 0.201. The maximum atomic E-state index is 14.3. The van der Waals surface area contributed by atoms with E-state index in [2.05, 4.69) is 10.3 Å². The van der Waals surface area contributed by atoms with Gasteiger partial charge in [-0.05, 0) is 18.2 Å². The van der Waals surface area contributed by atoms with Crippen LogP contribution in [0.3, 0.4) is 0 Å². The van der Waals surface area contributed by atoms with E-state index in [1.807, 2.05) is 0 Å². The largest absolute Gasteiger partial charge is 0.484 e. The summed E-state index contributed by atoms with van der Waals surface area (Å²) in [5.74, 6) is -0.185. The number of nitro benzene ring substituents is 1. The topological polar surface area (TPSA) is 99.3 Å². The van der Waals surface area contributed by atoms with Crippen molar-refractivity contribution in [1.29, 1.82) is 0 Å². The molecule has 1 N–H and O–H groups in total. The lowest BCUT2D eigenvalue weighted by atomic mass is 10.1. The smallest absolute Gasteiger partial charge is 0.269 e. The van der Waals surface area contributed by atoms with E-state index < -0.39 is 22.7 Å². The van der Waals surface area contributed by atoms with Crippen molar-refractivity contribution in [1.82, 2.24) is 14.9 Å². The van der Waals surface area contributed by atoms with Crippen LogP contribution in [0.4, 0.5) is 10.1 Å². The van der Waals surface area contributed by atoms with Gasteiger partial charge in [0.1, 0.15) is 23.4 Å². The van der Waals surface area contributed by atoms with Gasteiger partial charge in [-0.25, -0.2) is 9.37 Å². The molecule has 144 valence electrons. The number of aromatic nitrogens is 2. The molecule has 0 aliphatic heterocycles. The van der Waals surface area contributed by atoms with E-state index in [9.17, 15) is 19.3 Å². The molecule has 1 unspecified atom stereocenters. The molecular weight excluding hydrogens is 367 g/mol. The van der Waals surface area contributed by atoms with Crippen LogP contribution in [0.15, 0.2) is 60.9 Å². The number of halogens is 1. The number of carbonyl (C=O) groups is 1. The summed E-state index contributed by atoms with van der Waals surface area (Å²) in [4.78, 5) is 26.7. The number of aryl methyl sites for hydroxylation is 1. The third-order valence-corrected chi connectivity index (χ3v) is 4.06. The number of rotatable bonds is 7. The summed E-state index contributed by atoms with van der Waals surface area (Å²) in [6.07, 6.45) is 3.26. The van der Waals surface area contributed by atoms with E-state index in [1.165, 1.54) is 30.3 Å². The molecule has 8 nitrogen and oxygen atoms in total. The number of imidazole rings is 1. The highest BCUT2D eigenvalue weighted by Crippen LogP contribution is 2.23. The number of non-ortho nitro benzene ring substituents is 1. The van der Waals surface area contributed by atoms with Crippen LogP contribution >= 0.6 is 0 Å². The summed E-state index contributed by atoms with van der Waals surface area (Å²) in [6.45, 7) is -0.340. The zero-order valence-electron chi connectivity index (χ0n) is 14.9. The first-order valence-corrected chi connectivity index (χ1v) is 8.34. The van der Waals surface area contributed by atoms with E-state index in [0.29, 0.717) is 11.6 Å². The Hall–Kier alpha value is -3.75. The Morgan fingerprint density at radius 3 is 2.61 bits per heavy atom. The first-order chi connectivity index (χ1) is 13.5. The van der Waals surface area contributed by atoms with E-state index in [-0.39, 0.29) is 17.9 Å². The molecule has 0 fully saturated rings. The van der Waals surface area contributed by atoms with Gasteiger partial charge in [0.05, 0.1) is 4.92 Å². The fraction of sp³-hybridized carbons (Fsp3) is 0.158. The molecule has 0 bridgehead atoms. The number of nitrogens with one attached hydrogen (secondary N) is 1. The van der Waals surface area contributed by atoms with Crippen LogP contribution in [-0.4, -0.2) is 27.0 Å². The molecule has 0 saturated carbocycles. The minimum Gasteiger partial charge on any atom is -0.484 e. The van der Waals surface area contributed by atoms with Gasteiger partial charge < -0.3 is 14.6 Å². The van der Waals surface area contributed by atoms with Crippen LogP contribution in [0.1, 0.15) is 17.4 Å².